The van der Waals surface area contributed by atoms with Crippen molar-refractivity contribution in [2.45, 2.75) is 45.2 Å². The van der Waals surface area contributed by atoms with E-state index in [2.05, 4.69) is 29.2 Å². The normalized spacial score (nSPS) is 15.7. The Hall–Kier alpha value is -0.450. The van der Waals surface area contributed by atoms with Crippen LogP contribution in [0.1, 0.15) is 36.3 Å². The molecule has 0 aromatic carbocycles. The smallest absolute Gasteiger partial charge is 0.0798 e. The summed E-state index contributed by atoms with van der Waals surface area (Å²) in [5, 5.41) is 3.56. The average Bonchev–Trinajstić information content (AvgIpc) is 3.04. The fourth-order valence-corrected chi connectivity index (χ4v) is 2.76. The topological polar surface area (TPSA) is 28.2 Å². The third-order valence-electron chi connectivity index (χ3n) is 3.24. The maximum Gasteiger partial charge on any atom is 0.0798 e. The van der Waals surface area contributed by atoms with Crippen molar-refractivity contribution in [1.82, 2.24) is 15.2 Å². The van der Waals surface area contributed by atoms with Crippen molar-refractivity contribution in [2.75, 3.05) is 20.1 Å². The van der Waals surface area contributed by atoms with Gasteiger partial charge in [-0.05, 0) is 52.7 Å². The summed E-state index contributed by atoms with van der Waals surface area (Å²) in [4.78, 5) is 8.09. The van der Waals surface area contributed by atoms with Gasteiger partial charge in [0, 0.05) is 17.5 Å². The van der Waals surface area contributed by atoms with Gasteiger partial charge in [0.25, 0.3) is 0 Å². The molecule has 1 heterocycles. The summed E-state index contributed by atoms with van der Waals surface area (Å²) in [5.41, 5.74) is 3.13. The van der Waals surface area contributed by atoms with Gasteiger partial charge in [-0.1, -0.05) is 0 Å². The van der Waals surface area contributed by atoms with Gasteiger partial charge in [-0.25, -0.2) is 4.98 Å². The molecule has 0 aliphatic heterocycles. The number of thiazole rings is 1. The highest BCUT2D eigenvalue weighted by molar-refractivity contribution is 7.09. The lowest BCUT2D eigenvalue weighted by Crippen LogP contribution is -2.22. The lowest BCUT2D eigenvalue weighted by molar-refractivity contribution is 0.319. The first-order valence-electron chi connectivity index (χ1n) is 6.56. The molecule has 0 amide bonds. The third-order valence-corrected chi connectivity index (χ3v) is 4.16. The largest absolute Gasteiger partial charge is 0.314 e. The number of hydrogen-bond donors (Lipinski definition) is 1. The lowest BCUT2D eigenvalue weighted by Gasteiger charge is -2.15. The van der Waals surface area contributed by atoms with E-state index in [9.17, 15) is 0 Å². The molecule has 1 aliphatic carbocycles. The Labute approximate surface area is 108 Å². The van der Waals surface area contributed by atoms with Crippen LogP contribution in [0, 0.1) is 6.92 Å². The number of hydrogen-bond acceptors (Lipinski definition) is 4. The highest BCUT2D eigenvalue weighted by Gasteiger charge is 2.19. The molecule has 0 spiro atoms. The van der Waals surface area contributed by atoms with E-state index in [4.69, 9.17) is 0 Å². The van der Waals surface area contributed by atoms with Crippen LogP contribution in [0.25, 0.3) is 0 Å². The maximum absolute atomic E-state index is 4.29. The van der Waals surface area contributed by atoms with Crippen LogP contribution in [0.2, 0.25) is 0 Å². The summed E-state index contributed by atoms with van der Waals surface area (Å²) in [5.74, 6) is 0. The second-order valence-corrected chi connectivity index (χ2v) is 5.97. The molecule has 0 radical (unpaired) electrons. The number of aromatic nitrogens is 1. The molecule has 1 saturated carbocycles. The van der Waals surface area contributed by atoms with Crippen molar-refractivity contribution < 1.29 is 0 Å². The fourth-order valence-electron chi connectivity index (χ4n) is 1.90. The molecule has 3 nitrogen and oxygen atoms in total. The van der Waals surface area contributed by atoms with Crippen molar-refractivity contribution in [2.24, 2.45) is 0 Å². The van der Waals surface area contributed by atoms with Crippen LogP contribution in [0.4, 0.5) is 0 Å². The van der Waals surface area contributed by atoms with Crippen LogP contribution >= 0.6 is 11.3 Å². The molecule has 1 aromatic heterocycles. The van der Waals surface area contributed by atoms with Gasteiger partial charge in [0.15, 0.2) is 0 Å². The van der Waals surface area contributed by atoms with E-state index in [-0.39, 0.29) is 0 Å². The van der Waals surface area contributed by atoms with Crippen molar-refractivity contribution in [3.8, 4) is 0 Å². The number of aryl methyl sites for hydroxylation is 1. The van der Waals surface area contributed by atoms with E-state index < -0.39 is 0 Å². The van der Waals surface area contributed by atoms with Crippen molar-refractivity contribution in [3.63, 3.8) is 0 Å². The number of nitrogens with zero attached hydrogens (tertiary/aromatic N) is 2. The zero-order valence-corrected chi connectivity index (χ0v) is 11.7. The summed E-state index contributed by atoms with van der Waals surface area (Å²) in [6.07, 6.45) is 5.37. The molecule has 1 fully saturated rings. The maximum atomic E-state index is 4.29. The van der Waals surface area contributed by atoms with Gasteiger partial charge in [-0.15, -0.1) is 11.3 Å². The quantitative estimate of drug-likeness (QED) is 0.721. The van der Waals surface area contributed by atoms with Gasteiger partial charge < -0.3 is 10.2 Å². The SMILES string of the molecule is Cc1ncsc1CN(C)CCCCNC1CC1. The predicted octanol–water partition coefficient (Wildman–Crippen LogP) is 2.42. The van der Waals surface area contributed by atoms with Gasteiger partial charge in [0.2, 0.25) is 0 Å². The molecule has 0 unspecified atom stereocenters. The molecule has 4 heteroatoms. The van der Waals surface area contributed by atoms with Crippen molar-refractivity contribution in [3.05, 3.63) is 16.1 Å². The first kappa shape index (κ1) is 13.0. The summed E-state index contributed by atoms with van der Waals surface area (Å²) in [7, 11) is 2.20. The first-order chi connectivity index (χ1) is 8.25. The summed E-state index contributed by atoms with van der Waals surface area (Å²) in [6, 6.07) is 0.854. The molecule has 0 atom stereocenters. The average molecular weight is 253 g/mol. The van der Waals surface area contributed by atoms with Crippen LogP contribution in [-0.4, -0.2) is 36.1 Å². The van der Waals surface area contributed by atoms with E-state index in [1.54, 1.807) is 11.3 Å². The summed E-state index contributed by atoms with van der Waals surface area (Å²) >= 11 is 1.77. The van der Waals surface area contributed by atoms with Crippen LogP contribution in [0.15, 0.2) is 5.51 Å². The molecule has 1 aliphatic rings. The molecule has 1 aromatic rings. The Morgan fingerprint density at radius 1 is 1.47 bits per heavy atom. The van der Waals surface area contributed by atoms with E-state index in [1.807, 2.05) is 5.51 Å². The zero-order valence-electron chi connectivity index (χ0n) is 10.9. The van der Waals surface area contributed by atoms with Gasteiger partial charge >= 0.3 is 0 Å². The molecule has 2 rings (SSSR count). The molecule has 0 bridgehead atoms. The van der Waals surface area contributed by atoms with Gasteiger partial charge in [-0.3, -0.25) is 0 Å². The van der Waals surface area contributed by atoms with Gasteiger partial charge in [0.05, 0.1) is 11.2 Å². The van der Waals surface area contributed by atoms with Crippen LogP contribution in [-0.2, 0) is 6.54 Å². The molecular formula is C13H23N3S. The van der Waals surface area contributed by atoms with Crippen LogP contribution in [0.5, 0.6) is 0 Å². The van der Waals surface area contributed by atoms with Crippen molar-refractivity contribution in [1.29, 1.82) is 0 Å². The fraction of sp³-hybridized carbons (Fsp3) is 0.769. The molecule has 0 saturated heterocycles. The van der Waals surface area contributed by atoms with Gasteiger partial charge in [-0.2, -0.15) is 0 Å². The monoisotopic (exact) mass is 253 g/mol. The Bertz CT molecular complexity index is 333. The summed E-state index contributed by atoms with van der Waals surface area (Å²) in [6.45, 7) is 5.52. The molecule has 17 heavy (non-hydrogen) atoms. The minimum absolute atomic E-state index is 0.854. The van der Waals surface area contributed by atoms with Gasteiger partial charge in [0.1, 0.15) is 0 Å². The standard InChI is InChI=1S/C13H23N3S/c1-11-13(17-10-15-11)9-16(2)8-4-3-7-14-12-5-6-12/h10,12,14H,3-9H2,1-2H3. The molecule has 1 N–H and O–H groups in total. The highest BCUT2D eigenvalue weighted by Crippen LogP contribution is 2.18. The summed E-state index contributed by atoms with van der Waals surface area (Å²) < 4.78 is 0. The van der Waals surface area contributed by atoms with E-state index in [1.165, 1.54) is 49.3 Å². The number of rotatable bonds is 8. The lowest BCUT2D eigenvalue weighted by atomic mass is 10.3. The molecular weight excluding hydrogens is 230 g/mol. The van der Waals surface area contributed by atoms with E-state index in [0.717, 1.165) is 12.6 Å². The number of unbranched alkanes of at least 4 members (excludes halogenated alkanes) is 1. The van der Waals surface area contributed by atoms with Crippen molar-refractivity contribution >= 4 is 11.3 Å². The number of nitrogens with one attached hydrogen (secondary N) is 1. The molecule has 96 valence electrons. The first-order valence-corrected chi connectivity index (χ1v) is 7.44. The van der Waals surface area contributed by atoms with E-state index in [0.29, 0.717) is 0 Å². The Morgan fingerprint density at radius 3 is 2.94 bits per heavy atom. The third kappa shape index (κ3) is 4.74. The highest BCUT2D eigenvalue weighted by atomic mass is 32.1. The predicted molar refractivity (Wildman–Crippen MR) is 73.4 cm³/mol. The Balaban J connectivity index is 1.54. The van der Waals surface area contributed by atoms with E-state index >= 15 is 0 Å². The zero-order chi connectivity index (χ0) is 12.1. The minimum Gasteiger partial charge on any atom is -0.314 e. The second kappa shape index (κ2) is 6.47. The minimum atomic E-state index is 0.854. The Kier molecular flexibility index (Phi) is 4.95. The Morgan fingerprint density at radius 2 is 2.29 bits per heavy atom. The van der Waals surface area contributed by atoms with Crippen LogP contribution < -0.4 is 5.32 Å². The van der Waals surface area contributed by atoms with Crippen LogP contribution in [0.3, 0.4) is 0 Å². The second-order valence-electron chi connectivity index (χ2n) is 5.03.